The third-order valence-corrected chi connectivity index (χ3v) is 4.18. The van der Waals surface area contributed by atoms with Crippen molar-refractivity contribution in [2.24, 2.45) is 0 Å². The zero-order valence-corrected chi connectivity index (χ0v) is 13.7. The molecule has 0 atom stereocenters. The van der Waals surface area contributed by atoms with Crippen molar-refractivity contribution in [2.45, 2.75) is 5.75 Å². The molecule has 7 heteroatoms. The highest BCUT2D eigenvalue weighted by molar-refractivity contribution is 7.98. The van der Waals surface area contributed by atoms with E-state index in [2.05, 4.69) is 10.6 Å². The predicted octanol–water partition coefficient (Wildman–Crippen LogP) is 4.32. The van der Waals surface area contributed by atoms with Crippen molar-refractivity contribution < 1.29 is 13.2 Å². The van der Waals surface area contributed by atoms with Crippen LogP contribution in [-0.2, 0) is 5.75 Å². The maximum atomic E-state index is 13.4. The first-order chi connectivity index (χ1) is 11.1. The first kappa shape index (κ1) is 17.6. The second kappa shape index (κ2) is 8.79. The van der Waals surface area contributed by atoms with Crippen LogP contribution in [0, 0.1) is 17.5 Å². The van der Waals surface area contributed by atoms with Gasteiger partial charge in [-0.2, -0.15) is 11.8 Å². The van der Waals surface area contributed by atoms with Gasteiger partial charge in [0.2, 0.25) is 0 Å². The number of benzene rings is 2. The van der Waals surface area contributed by atoms with Crippen molar-refractivity contribution >= 4 is 34.8 Å². The van der Waals surface area contributed by atoms with Crippen molar-refractivity contribution in [3.05, 3.63) is 65.5 Å². The third kappa shape index (κ3) is 5.76. The molecule has 2 nitrogen and oxygen atoms in total. The first-order valence-electron chi connectivity index (χ1n) is 6.87. The lowest BCUT2D eigenvalue weighted by atomic mass is 10.2. The Hall–Kier alpha value is -1.73. The van der Waals surface area contributed by atoms with Crippen LogP contribution in [0.1, 0.15) is 5.56 Å². The summed E-state index contributed by atoms with van der Waals surface area (Å²) in [6, 6.07) is 10.1. The summed E-state index contributed by atoms with van der Waals surface area (Å²) in [5.74, 6) is -0.730. The van der Waals surface area contributed by atoms with Crippen molar-refractivity contribution in [1.82, 2.24) is 5.32 Å². The van der Waals surface area contributed by atoms with E-state index in [4.69, 9.17) is 12.2 Å². The van der Waals surface area contributed by atoms with Crippen molar-refractivity contribution in [2.75, 3.05) is 17.6 Å². The molecule has 0 aromatic heterocycles. The Bertz CT molecular complexity index is 680. The fourth-order valence-corrected chi connectivity index (χ4v) is 2.85. The Labute approximate surface area is 142 Å². The van der Waals surface area contributed by atoms with Crippen LogP contribution in [0.4, 0.5) is 18.9 Å². The Morgan fingerprint density at radius 1 is 1.00 bits per heavy atom. The molecule has 0 amide bonds. The molecule has 0 spiro atoms. The Kier molecular flexibility index (Phi) is 6.73. The molecule has 0 aliphatic rings. The molecule has 2 rings (SSSR count). The number of rotatable bonds is 6. The summed E-state index contributed by atoms with van der Waals surface area (Å²) in [5.41, 5.74) is 1.04. The van der Waals surface area contributed by atoms with Crippen LogP contribution in [0.5, 0.6) is 0 Å². The average molecular weight is 356 g/mol. The van der Waals surface area contributed by atoms with E-state index in [1.807, 2.05) is 0 Å². The minimum Gasteiger partial charge on any atom is -0.362 e. The van der Waals surface area contributed by atoms with Gasteiger partial charge in [0.15, 0.2) is 16.7 Å². The van der Waals surface area contributed by atoms with Gasteiger partial charge in [-0.25, -0.2) is 13.2 Å². The summed E-state index contributed by atoms with van der Waals surface area (Å²) in [7, 11) is 0. The first-order valence-corrected chi connectivity index (χ1v) is 8.43. The summed E-state index contributed by atoms with van der Waals surface area (Å²) in [6.45, 7) is 0.578. The number of nitrogens with one attached hydrogen (secondary N) is 2. The van der Waals surface area contributed by atoms with Crippen molar-refractivity contribution in [3.8, 4) is 0 Å². The number of hydrogen-bond acceptors (Lipinski definition) is 2. The van der Waals surface area contributed by atoms with Gasteiger partial charge in [-0.15, -0.1) is 0 Å². The lowest BCUT2D eigenvalue weighted by Crippen LogP contribution is -2.30. The van der Waals surface area contributed by atoms with Crippen LogP contribution in [0.2, 0.25) is 0 Å². The zero-order chi connectivity index (χ0) is 16.7. The molecule has 2 aromatic carbocycles. The molecule has 0 bridgehead atoms. The van der Waals surface area contributed by atoms with E-state index in [0.717, 1.165) is 17.9 Å². The van der Waals surface area contributed by atoms with E-state index in [9.17, 15) is 13.2 Å². The molecule has 0 aliphatic heterocycles. The molecule has 0 unspecified atom stereocenters. The van der Waals surface area contributed by atoms with Crippen LogP contribution >= 0.6 is 24.0 Å². The number of thiocarbonyl (C=S) groups is 1. The standard InChI is InChI=1S/C16H15F3N2S2/c17-13-4-2-1-3-11(13)10-23-8-7-20-16(22)21-12-5-6-14(18)15(19)9-12/h1-6,9H,7-8,10H2,(H2,20,21,22). The molecule has 0 saturated heterocycles. The highest BCUT2D eigenvalue weighted by Crippen LogP contribution is 2.15. The molecule has 2 aromatic rings. The van der Waals surface area contributed by atoms with Crippen LogP contribution in [0.3, 0.4) is 0 Å². The summed E-state index contributed by atoms with van der Waals surface area (Å²) in [4.78, 5) is 0. The second-order valence-electron chi connectivity index (χ2n) is 4.65. The van der Waals surface area contributed by atoms with Gasteiger partial charge < -0.3 is 10.6 Å². The fourth-order valence-electron chi connectivity index (χ4n) is 1.78. The van der Waals surface area contributed by atoms with Gasteiger partial charge >= 0.3 is 0 Å². The van der Waals surface area contributed by atoms with E-state index >= 15 is 0 Å². The summed E-state index contributed by atoms with van der Waals surface area (Å²) >= 11 is 6.64. The molecule has 2 N–H and O–H groups in total. The van der Waals surface area contributed by atoms with Gasteiger partial charge in [0.25, 0.3) is 0 Å². The number of anilines is 1. The second-order valence-corrected chi connectivity index (χ2v) is 6.17. The van der Waals surface area contributed by atoms with E-state index in [0.29, 0.717) is 28.7 Å². The van der Waals surface area contributed by atoms with E-state index < -0.39 is 11.6 Å². The van der Waals surface area contributed by atoms with E-state index in [-0.39, 0.29) is 5.82 Å². The predicted molar refractivity (Wildman–Crippen MR) is 93.1 cm³/mol. The molecule has 23 heavy (non-hydrogen) atoms. The lowest BCUT2D eigenvalue weighted by molar-refractivity contribution is 0.509. The molecule has 0 heterocycles. The SMILES string of the molecule is Fc1ccc(NC(=S)NCCSCc2ccccc2F)cc1F. The van der Waals surface area contributed by atoms with E-state index in [1.165, 1.54) is 12.1 Å². The highest BCUT2D eigenvalue weighted by Gasteiger charge is 2.04. The Morgan fingerprint density at radius 3 is 2.52 bits per heavy atom. The van der Waals surface area contributed by atoms with Gasteiger partial charge in [-0.3, -0.25) is 0 Å². The van der Waals surface area contributed by atoms with Crippen LogP contribution < -0.4 is 10.6 Å². The minimum absolute atomic E-state index is 0.205. The topological polar surface area (TPSA) is 24.1 Å². The Balaban J connectivity index is 1.67. The third-order valence-electron chi connectivity index (χ3n) is 2.92. The molecule has 0 saturated carbocycles. The van der Waals surface area contributed by atoms with Crippen LogP contribution in [0.15, 0.2) is 42.5 Å². The number of hydrogen-bond donors (Lipinski definition) is 2. The Morgan fingerprint density at radius 2 is 1.78 bits per heavy atom. The molecule has 0 fully saturated rings. The molecular formula is C16H15F3N2S2. The molecular weight excluding hydrogens is 341 g/mol. The van der Waals surface area contributed by atoms with Gasteiger partial charge in [0.1, 0.15) is 5.82 Å². The lowest BCUT2D eigenvalue weighted by Gasteiger charge is -2.10. The van der Waals surface area contributed by atoms with Gasteiger partial charge in [0.05, 0.1) is 0 Å². The van der Waals surface area contributed by atoms with Gasteiger partial charge in [0, 0.05) is 29.8 Å². The fraction of sp³-hybridized carbons (Fsp3) is 0.188. The largest absolute Gasteiger partial charge is 0.362 e. The summed E-state index contributed by atoms with van der Waals surface area (Å²) in [6.07, 6.45) is 0. The van der Waals surface area contributed by atoms with Gasteiger partial charge in [-0.05, 0) is 36.0 Å². The minimum atomic E-state index is -0.932. The van der Waals surface area contributed by atoms with E-state index in [1.54, 1.807) is 30.0 Å². The number of thioether (sulfide) groups is 1. The molecule has 122 valence electrons. The van der Waals surface area contributed by atoms with Crippen LogP contribution in [0.25, 0.3) is 0 Å². The monoisotopic (exact) mass is 356 g/mol. The molecule has 0 radical (unpaired) electrons. The molecule has 0 aliphatic carbocycles. The average Bonchev–Trinajstić information content (AvgIpc) is 2.52. The van der Waals surface area contributed by atoms with Crippen molar-refractivity contribution in [3.63, 3.8) is 0 Å². The van der Waals surface area contributed by atoms with Crippen molar-refractivity contribution in [1.29, 1.82) is 0 Å². The van der Waals surface area contributed by atoms with Gasteiger partial charge in [-0.1, -0.05) is 18.2 Å². The number of halogens is 3. The maximum Gasteiger partial charge on any atom is 0.170 e. The smallest absolute Gasteiger partial charge is 0.170 e. The normalized spacial score (nSPS) is 10.4. The quantitative estimate of drug-likeness (QED) is 0.594. The summed E-state index contributed by atoms with van der Waals surface area (Å²) in [5, 5.41) is 6.05. The maximum absolute atomic E-state index is 13.4. The van der Waals surface area contributed by atoms with Crippen LogP contribution in [-0.4, -0.2) is 17.4 Å². The highest BCUT2D eigenvalue weighted by atomic mass is 32.2. The summed E-state index contributed by atoms with van der Waals surface area (Å²) < 4.78 is 39.3. The zero-order valence-electron chi connectivity index (χ0n) is 12.1.